The van der Waals surface area contributed by atoms with E-state index in [1.807, 2.05) is 38.1 Å². The lowest BCUT2D eigenvalue weighted by Gasteiger charge is -2.09. The van der Waals surface area contributed by atoms with Crippen molar-refractivity contribution in [3.63, 3.8) is 0 Å². The minimum atomic E-state index is -0.308. The molecule has 0 spiro atoms. The molecule has 0 atom stereocenters. The van der Waals surface area contributed by atoms with Crippen LogP contribution in [-0.2, 0) is 6.61 Å². The van der Waals surface area contributed by atoms with Crippen LogP contribution in [0.3, 0.4) is 0 Å². The molecule has 0 saturated heterocycles. The van der Waals surface area contributed by atoms with Crippen molar-refractivity contribution >= 4 is 22.4 Å². The van der Waals surface area contributed by atoms with E-state index in [-0.39, 0.29) is 12.5 Å². The number of hydrogen-bond acceptors (Lipinski definition) is 8. The number of aryl methyl sites for hydroxylation is 2. The average Bonchev–Trinajstić information content (AvgIpc) is 3.38. The van der Waals surface area contributed by atoms with Gasteiger partial charge in [-0.3, -0.25) is 10.1 Å². The number of carbonyl (C=O) groups excluding carboxylic acids is 1. The van der Waals surface area contributed by atoms with Crippen LogP contribution < -0.4 is 14.8 Å². The number of amides is 1. The maximum atomic E-state index is 12.9. The first kappa shape index (κ1) is 21.5. The van der Waals surface area contributed by atoms with Crippen LogP contribution in [0.5, 0.6) is 11.5 Å². The minimum absolute atomic E-state index is 0.0971. The number of nitrogens with zero attached hydrogens (tertiary/aromatic N) is 3. The first-order valence-electron chi connectivity index (χ1n) is 10.1. The second-order valence-electron chi connectivity index (χ2n) is 6.85. The van der Waals surface area contributed by atoms with Gasteiger partial charge in [-0.2, -0.15) is 4.98 Å². The Labute approximate surface area is 189 Å². The van der Waals surface area contributed by atoms with Crippen molar-refractivity contribution in [1.29, 1.82) is 0 Å². The van der Waals surface area contributed by atoms with Crippen LogP contribution in [0, 0.1) is 13.8 Å². The van der Waals surface area contributed by atoms with Gasteiger partial charge in [0.15, 0.2) is 11.7 Å². The Bertz CT molecular complexity index is 1220. The number of benzene rings is 2. The molecule has 2 aromatic carbocycles. The number of hydrogen-bond donors (Lipinski definition) is 1. The lowest BCUT2D eigenvalue weighted by Crippen LogP contribution is -2.13. The molecule has 9 heteroatoms. The Hall–Kier alpha value is -3.72. The van der Waals surface area contributed by atoms with Gasteiger partial charge < -0.3 is 14.0 Å². The molecule has 1 amide bonds. The number of nitrogens with one attached hydrogen (secondary N) is 1. The molecule has 0 radical (unpaired) electrons. The van der Waals surface area contributed by atoms with E-state index in [0.717, 1.165) is 21.9 Å². The predicted molar refractivity (Wildman–Crippen MR) is 121 cm³/mol. The molecular weight excluding hydrogens is 428 g/mol. The highest BCUT2D eigenvalue weighted by atomic mass is 32.1. The molecule has 4 aromatic rings. The van der Waals surface area contributed by atoms with Crippen molar-refractivity contribution in [3.8, 4) is 22.8 Å². The van der Waals surface area contributed by atoms with E-state index in [9.17, 15) is 4.79 Å². The summed E-state index contributed by atoms with van der Waals surface area (Å²) in [6, 6.07) is 14.7. The molecule has 0 aliphatic rings. The van der Waals surface area contributed by atoms with Crippen LogP contribution in [0.15, 0.2) is 53.1 Å². The number of aromatic nitrogens is 3. The van der Waals surface area contributed by atoms with E-state index < -0.39 is 0 Å². The zero-order chi connectivity index (χ0) is 22.5. The summed E-state index contributed by atoms with van der Waals surface area (Å²) in [5, 5.41) is 7.19. The second-order valence-corrected chi connectivity index (χ2v) is 8.05. The molecule has 32 heavy (non-hydrogen) atoms. The highest BCUT2D eigenvalue weighted by Gasteiger charge is 2.17. The maximum Gasteiger partial charge on any atom is 0.261 e. The fraction of sp³-hybridized carbons (Fsp3) is 0.217. The molecule has 2 heterocycles. The topological polar surface area (TPSA) is 99.4 Å². The van der Waals surface area contributed by atoms with Gasteiger partial charge in [0.25, 0.3) is 5.91 Å². The summed E-state index contributed by atoms with van der Waals surface area (Å²) < 4.78 is 16.2. The summed E-state index contributed by atoms with van der Waals surface area (Å²) in [7, 11) is 0. The van der Waals surface area contributed by atoms with Crippen molar-refractivity contribution in [2.45, 2.75) is 27.4 Å². The summed E-state index contributed by atoms with van der Waals surface area (Å²) in [4.78, 5) is 22.7. The number of carbonyl (C=O) groups is 1. The van der Waals surface area contributed by atoms with E-state index in [2.05, 4.69) is 20.4 Å². The van der Waals surface area contributed by atoms with Crippen molar-refractivity contribution in [3.05, 3.63) is 70.7 Å². The zero-order valence-corrected chi connectivity index (χ0v) is 18.7. The van der Waals surface area contributed by atoms with Gasteiger partial charge in [-0.05, 0) is 50.2 Å². The summed E-state index contributed by atoms with van der Waals surface area (Å²) in [5.41, 5.74) is 2.18. The van der Waals surface area contributed by atoms with Gasteiger partial charge in [0.05, 0.1) is 17.9 Å². The third-order valence-corrected chi connectivity index (χ3v) is 5.40. The summed E-state index contributed by atoms with van der Waals surface area (Å²) in [5.74, 6) is 1.79. The molecule has 0 aliphatic carbocycles. The monoisotopic (exact) mass is 450 g/mol. The predicted octanol–water partition coefficient (Wildman–Crippen LogP) is 5.04. The smallest absolute Gasteiger partial charge is 0.261 e. The molecule has 0 bridgehead atoms. The van der Waals surface area contributed by atoms with Gasteiger partial charge >= 0.3 is 0 Å². The zero-order valence-electron chi connectivity index (χ0n) is 17.9. The van der Waals surface area contributed by atoms with Gasteiger partial charge in [-0.25, -0.2) is 4.98 Å². The largest absolute Gasteiger partial charge is 0.494 e. The molecule has 8 nitrogen and oxygen atoms in total. The lowest BCUT2D eigenvalue weighted by atomic mass is 10.1. The van der Waals surface area contributed by atoms with Crippen molar-refractivity contribution in [1.82, 2.24) is 15.1 Å². The van der Waals surface area contributed by atoms with Crippen LogP contribution in [0.2, 0.25) is 0 Å². The van der Waals surface area contributed by atoms with E-state index in [1.54, 1.807) is 31.2 Å². The van der Waals surface area contributed by atoms with Crippen LogP contribution >= 0.6 is 11.3 Å². The standard InChI is InChI=1S/C23H22N4O4S/c1-4-29-17-11-9-16(10-12-17)21-14(2)32-23(25-21)26-22(28)18-7-5-6-8-19(18)30-13-20-24-15(3)31-27-20/h5-12H,4,13H2,1-3H3,(H,25,26,28). The Morgan fingerprint density at radius 2 is 1.84 bits per heavy atom. The number of rotatable bonds is 8. The van der Waals surface area contributed by atoms with Gasteiger partial charge in [-0.1, -0.05) is 17.3 Å². The van der Waals surface area contributed by atoms with Gasteiger partial charge in [0, 0.05) is 17.4 Å². The number of thiazole rings is 1. The minimum Gasteiger partial charge on any atom is -0.494 e. The molecule has 1 N–H and O–H groups in total. The highest BCUT2D eigenvalue weighted by molar-refractivity contribution is 7.16. The Morgan fingerprint density at radius 1 is 1.06 bits per heavy atom. The Morgan fingerprint density at radius 3 is 2.56 bits per heavy atom. The van der Waals surface area contributed by atoms with Crippen LogP contribution in [0.25, 0.3) is 11.3 Å². The fourth-order valence-electron chi connectivity index (χ4n) is 3.08. The summed E-state index contributed by atoms with van der Waals surface area (Å²) >= 11 is 1.42. The van der Waals surface area contributed by atoms with Gasteiger partial charge in [-0.15, -0.1) is 11.3 Å². The Kier molecular flexibility index (Phi) is 6.46. The molecule has 2 aromatic heterocycles. The average molecular weight is 451 g/mol. The maximum absolute atomic E-state index is 12.9. The van der Waals surface area contributed by atoms with Crippen molar-refractivity contribution in [2.75, 3.05) is 11.9 Å². The lowest BCUT2D eigenvalue weighted by molar-refractivity contribution is 0.102. The SMILES string of the molecule is CCOc1ccc(-c2nc(NC(=O)c3ccccc3OCc3noc(C)n3)sc2C)cc1. The van der Waals surface area contributed by atoms with E-state index in [4.69, 9.17) is 14.0 Å². The summed E-state index contributed by atoms with van der Waals surface area (Å²) in [6.07, 6.45) is 0. The van der Waals surface area contributed by atoms with E-state index in [0.29, 0.717) is 34.8 Å². The third-order valence-electron chi connectivity index (χ3n) is 4.51. The quantitative estimate of drug-likeness (QED) is 0.401. The van der Waals surface area contributed by atoms with Crippen LogP contribution in [-0.4, -0.2) is 27.6 Å². The first-order chi connectivity index (χ1) is 15.5. The van der Waals surface area contributed by atoms with Gasteiger partial charge in [0.1, 0.15) is 11.5 Å². The first-order valence-corrected chi connectivity index (χ1v) is 10.9. The normalized spacial score (nSPS) is 10.7. The highest BCUT2D eigenvalue weighted by Crippen LogP contribution is 2.32. The summed E-state index contributed by atoms with van der Waals surface area (Å²) in [6.45, 7) is 6.34. The third kappa shape index (κ3) is 4.94. The molecule has 0 fully saturated rings. The Balaban J connectivity index is 1.48. The molecule has 0 saturated carbocycles. The van der Waals surface area contributed by atoms with Gasteiger partial charge in [0.2, 0.25) is 11.7 Å². The van der Waals surface area contributed by atoms with E-state index >= 15 is 0 Å². The van der Waals surface area contributed by atoms with Crippen molar-refractivity contribution in [2.24, 2.45) is 0 Å². The molecule has 0 aliphatic heterocycles. The fourth-order valence-corrected chi connectivity index (χ4v) is 3.91. The second kappa shape index (κ2) is 9.61. The van der Waals surface area contributed by atoms with Crippen LogP contribution in [0.1, 0.15) is 33.9 Å². The molecule has 0 unspecified atom stereocenters. The number of para-hydroxylation sites is 1. The van der Waals surface area contributed by atoms with Crippen LogP contribution in [0.4, 0.5) is 5.13 Å². The molecule has 164 valence electrons. The molecular formula is C23H22N4O4S. The number of ether oxygens (including phenoxy) is 2. The van der Waals surface area contributed by atoms with Crippen molar-refractivity contribution < 1.29 is 18.8 Å². The number of anilines is 1. The molecule has 4 rings (SSSR count). The van der Waals surface area contributed by atoms with E-state index in [1.165, 1.54) is 11.3 Å².